The van der Waals surface area contributed by atoms with Gasteiger partial charge >= 0.3 is 5.97 Å². The van der Waals surface area contributed by atoms with E-state index < -0.39 is 0 Å². The Morgan fingerprint density at radius 2 is 1.77 bits per heavy atom. The molecule has 114 valence electrons. The Balaban J connectivity index is 1.88. The summed E-state index contributed by atoms with van der Waals surface area (Å²) in [5.41, 5.74) is 1.53. The molecule has 0 radical (unpaired) electrons. The molecular weight excluding hydrogens is 280 g/mol. The number of esters is 1. The maximum absolute atomic E-state index is 11.9. The van der Waals surface area contributed by atoms with E-state index in [1.54, 1.807) is 43.5 Å². The number of methoxy groups -OCH3 is 1. The molecule has 0 unspecified atom stereocenters. The van der Waals surface area contributed by atoms with Crippen LogP contribution in [-0.2, 0) is 9.47 Å². The Morgan fingerprint density at radius 3 is 2.45 bits per heavy atom. The van der Waals surface area contributed by atoms with Gasteiger partial charge in [0.05, 0.1) is 12.2 Å². The van der Waals surface area contributed by atoms with Crippen molar-refractivity contribution in [2.45, 2.75) is 0 Å². The zero-order valence-corrected chi connectivity index (χ0v) is 12.4. The molecule has 0 atom stereocenters. The van der Waals surface area contributed by atoms with Crippen LogP contribution in [0.4, 0.5) is 0 Å². The summed E-state index contributed by atoms with van der Waals surface area (Å²) >= 11 is 0. The van der Waals surface area contributed by atoms with E-state index in [1.807, 2.05) is 30.4 Å². The van der Waals surface area contributed by atoms with E-state index in [1.165, 1.54) is 0 Å². The van der Waals surface area contributed by atoms with Crippen molar-refractivity contribution in [3.8, 4) is 5.75 Å². The zero-order valence-electron chi connectivity index (χ0n) is 12.4. The van der Waals surface area contributed by atoms with E-state index in [0.717, 1.165) is 5.56 Å². The van der Waals surface area contributed by atoms with Crippen molar-refractivity contribution in [3.05, 3.63) is 71.8 Å². The molecule has 0 aliphatic heterocycles. The first-order valence-corrected chi connectivity index (χ1v) is 6.90. The van der Waals surface area contributed by atoms with Gasteiger partial charge in [-0.2, -0.15) is 0 Å². The normalized spacial score (nSPS) is 10.8. The van der Waals surface area contributed by atoms with Crippen molar-refractivity contribution < 1.29 is 19.0 Å². The average molecular weight is 298 g/mol. The van der Waals surface area contributed by atoms with Crippen LogP contribution in [0, 0.1) is 0 Å². The highest BCUT2D eigenvalue weighted by molar-refractivity contribution is 5.90. The minimum Gasteiger partial charge on any atom is -0.423 e. The van der Waals surface area contributed by atoms with Gasteiger partial charge < -0.3 is 14.2 Å². The predicted molar refractivity (Wildman–Crippen MR) is 84.7 cm³/mol. The molecule has 2 rings (SSSR count). The Kier molecular flexibility index (Phi) is 6.36. The number of benzene rings is 2. The molecule has 22 heavy (non-hydrogen) atoms. The quantitative estimate of drug-likeness (QED) is 0.339. The third kappa shape index (κ3) is 5.16. The Labute approximate surface area is 129 Å². The summed E-state index contributed by atoms with van der Waals surface area (Å²) in [7, 11) is 1.58. The second-order valence-electron chi connectivity index (χ2n) is 4.50. The fraction of sp³-hybridized carbons (Fsp3) is 0.167. The molecule has 2 aromatic carbocycles. The van der Waals surface area contributed by atoms with Gasteiger partial charge in [-0.25, -0.2) is 4.79 Å². The van der Waals surface area contributed by atoms with Crippen LogP contribution in [0.2, 0.25) is 0 Å². The van der Waals surface area contributed by atoms with Gasteiger partial charge in [-0.3, -0.25) is 0 Å². The lowest BCUT2D eigenvalue weighted by Crippen LogP contribution is -2.07. The molecule has 0 spiro atoms. The van der Waals surface area contributed by atoms with Crippen LogP contribution in [0.25, 0.3) is 6.08 Å². The van der Waals surface area contributed by atoms with E-state index >= 15 is 0 Å². The standard InChI is InChI=1S/C18H18O4/c1-20-14-21-13-5-6-15-9-11-17(12-10-15)22-18(19)16-7-3-2-4-8-16/h2-12H,13-14H2,1H3. The molecule has 0 aliphatic carbocycles. The predicted octanol–water partition coefficient (Wildman–Crippen LogP) is 3.54. The summed E-state index contributed by atoms with van der Waals surface area (Å²) in [6.45, 7) is 0.761. The van der Waals surface area contributed by atoms with E-state index in [2.05, 4.69) is 0 Å². The number of ether oxygens (including phenoxy) is 3. The Morgan fingerprint density at radius 1 is 1.05 bits per heavy atom. The van der Waals surface area contributed by atoms with Crippen LogP contribution >= 0.6 is 0 Å². The van der Waals surface area contributed by atoms with Crippen molar-refractivity contribution in [1.82, 2.24) is 0 Å². The minimum atomic E-state index is -0.364. The molecule has 0 heterocycles. The molecule has 0 N–H and O–H groups in total. The van der Waals surface area contributed by atoms with Gasteiger partial charge in [0, 0.05) is 7.11 Å². The highest BCUT2D eigenvalue weighted by atomic mass is 16.7. The third-order valence-corrected chi connectivity index (χ3v) is 2.83. The van der Waals surface area contributed by atoms with E-state index in [9.17, 15) is 4.79 Å². The number of hydrogen-bond acceptors (Lipinski definition) is 4. The summed E-state index contributed by atoms with van der Waals surface area (Å²) < 4.78 is 15.2. The van der Waals surface area contributed by atoms with Gasteiger partial charge in [-0.1, -0.05) is 42.5 Å². The highest BCUT2D eigenvalue weighted by Gasteiger charge is 2.06. The van der Waals surface area contributed by atoms with E-state index in [4.69, 9.17) is 14.2 Å². The Bertz CT molecular complexity index is 603. The number of hydrogen-bond donors (Lipinski definition) is 0. The smallest absolute Gasteiger partial charge is 0.343 e. The molecular formula is C18H18O4. The molecule has 0 fully saturated rings. The van der Waals surface area contributed by atoms with Crippen molar-refractivity contribution >= 4 is 12.0 Å². The first-order chi connectivity index (χ1) is 10.8. The lowest BCUT2D eigenvalue weighted by molar-refractivity contribution is -0.0184. The van der Waals surface area contributed by atoms with E-state index in [0.29, 0.717) is 17.9 Å². The minimum absolute atomic E-state index is 0.277. The first kappa shape index (κ1) is 15.9. The third-order valence-electron chi connectivity index (χ3n) is 2.83. The summed E-state index contributed by atoms with van der Waals surface area (Å²) in [5.74, 6) is 0.151. The zero-order chi connectivity index (χ0) is 15.6. The lowest BCUT2D eigenvalue weighted by atomic mass is 10.2. The molecule has 4 nitrogen and oxygen atoms in total. The first-order valence-electron chi connectivity index (χ1n) is 6.90. The molecule has 0 aromatic heterocycles. The second kappa shape index (κ2) is 8.77. The molecule has 0 amide bonds. The van der Waals surface area contributed by atoms with Crippen molar-refractivity contribution in [1.29, 1.82) is 0 Å². The van der Waals surface area contributed by atoms with Gasteiger partial charge in [-0.15, -0.1) is 0 Å². The van der Waals surface area contributed by atoms with Crippen molar-refractivity contribution in [3.63, 3.8) is 0 Å². The van der Waals surface area contributed by atoms with E-state index in [-0.39, 0.29) is 12.8 Å². The maximum Gasteiger partial charge on any atom is 0.343 e. The largest absolute Gasteiger partial charge is 0.423 e. The summed E-state index contributed by atoms with van der Waals surface area (Å²) in [5, 5.41) is 0. The maximum atomic E-state index is 11.9. The van der Waals surface area contributed by atoms with Crippen LogP contribution in [0.5, 0.6) is 5.75 Å². The van der Waals surface area contributed by atoms with Gasteiger partial charge in [0.1, 0.15) is 12.5 Å². The average Bonchev–Trinajstić information content (AvgIpc) is 2.57. The van der Waals surface area contributed by atoms with Crippen molar-refractivity contribution in [2.75, 3.05) is 20.5 Å². The van der Waals surface area contributed by atoms with Gasteiger partial charge in [0.25, 0.3) is 0 Å². The summed E-state index contributed by atoms with van der Waals surface area (Å²) in [4.78, 5) is 11.9. The van der Waals surface area contributed by atoms with Crippen LogP contribution in [0.1, 0.15) is 15.9 Å². The van der Waals surface area contributed by atoms with Gasteiger partial charge in [0.15, 0.2) is 0 Å². The lowest BCUT2D eigenvalue weighted by Gasteiger charge is -2.04. The highest BCUT2D eigenvalue weighted by Crippen LogP contribution is 2.15. The molecule has 0 saturated heterocycles. The summed E-state index contributed by atoms with van der Waals surface area (Å²) in [6, 6.07) is 16.2. The molecule has 0 bridgehead atoms. The summed E-state index contributed by atoms with van der Waals surface area (Å²) in [6.07, 6.45) is 3.82. The molecule has 4 heteroatoms. The Hall–Kier alpha value is -2.43. The molecule has 2 aromatic rings. The number of carbonyl (C=O) groups is 1. The van der Waals surface area contributed by atoms with Gasteiger partial charge in [0.2, 0.25) is 0 Å². The second-order valence-corrected chi connectivity index (χ2v) is 4.50. The topological polar surface area (TPSA) is 44.8 Å². The van der Waals surface area contributed by atoms with Gasteiger partial charge in [-0.05, 0) is 29.8 Å². The van der Waals surface area contributed by atoms with Crippen LogP contribution in [0.15, 0.2) is 60.7 Å². The van der Waals surface area contributed by atoms with Crippen LogP contribution < -0.4 is 4.74 Å². The van der Waals surface area contributed by atoms with Crippen LogP contribution in [-0.4, -0.2) is 26.5 Å². The fourth-order valence-corrected chi connectivity index (χ4v) is 1.77. The fourth-order valence-electron chi connectivity index (χ4n) is 1.77. The molecule has 0 aliphatic rings. The monoisotopic (exact) mass is 298 g/mol. The SMILES string of the molecule is COCOCC=Cc1ccc(OC(=O)c2ccccc2)cc1. The number of rotatable bonds is 7. The van der Waals surface area contributed by atoms with Crippen LogP contribution in [0.3, 0.4) is 0 Å². The van der Waals surface area contributed by atoms with Crippen molar-refractivity contribution in [2.24, 2.45) is 0 Å². The number of carbonyl (C=O) groups excluding carboxylic acids is 1. The molecule has 0 saturated carbocycles.